The van der Waals surface area contributed by atoms with Gasteiger partial charge in [0.15, 0.2) is 5.82 Å². The van der Waals surface area contributed by atoms with E-state index in [-0.39, 0.29) is 0 Å². The number of aromatic nitrogens is 3. The van der Waals surface area contributed by atoms with Crippen molar-refractivity contribution in [3.05, 3.63) is 58.9 Å². The molecule has 3 rings (SSSR count). The van der Waals surface area contributed by atoms with Crippen molar-refractivity contribution in [2.45, 2.75) is 13.8 Å². The summed E-state index contributed by atoms with van der Waals surface area (Å²) in [6.07, 6.45) is 1.72. The smallest absolute Gasteiger partial charge is 0.216 e. The fourth-order valence-corrected chi connectivity index (χ4v) is 2.63. The quantitative estimate of drug-likeness (QED) is 0.499. The van der Waals surface area contributed by atoms with Gasteiger partial charge in [0.2, 0.25) is 4.77 Å². The minimum atomic E-state index is 0.416. The predicted octanol–water partition coefficient (Wildman–Crippen LogP) is 4.29. The highest BCUT2D eigenvalue weighted by molar-refractivity contribution is 7.71. The van der Waals surface area contributed by atoms with Gasteiger partial charge < -0.3 is 9.47 Å². The van der Waals surface area contributed by atoms with E-state index in [1.807, 2.05) is 62.4 Å². The number of ether oxygens (including phenoxy) is 2. The van der Waals surface area contributed by atoms with Gasteiger partial charge in [0.05, 0.1) is 19.4 Å². The molecule has 0 aliphatic rings. The molecule has 7 heteroatoms. The lowest BCUT2D eigenvalue weighted by atomic mass is 10.2. The number of aromatic amines is 1. The van der Waals surface area contributed by atoms with Crippen LogP contribution in [0.5, 0.6) is 11.5 Å². The van der Waals surface area contributed by atoms with Gasteiger partial charge in [-0.05, 0) is 62.5 Å². The zero-order chi connectivity index (χ0) is 18.4. The summed E-state index contributed by atoms with van der Waals surface area (Å²) in [4.78, 5) is 0. The molecule has 0 spiro atoms. The highest BCUT2D eigenvalue weighted by atomic mass is 32.1. The molecule has 0 aliphatic carbocycles. The second-order valence-corrected chi connectivity index (χ2v) is 5.72. The maximum atomic E-state index is 5.62. The second kappa shape index (κ2) is 8.44. The van der Waals surface area contributed by atoms with Crippen LogP contribution in [0.3, 0.4) is 0 Å². The van der Waals surface area contributed by atoms with Crippen LogP contribution in [0, 0.1) is 4.77 Å². The van der Waals surface area contributed by atoms with Crippen molar-refractivity contribution < 1.29 is 9.47 Å². The summed E-state index contributed by atoms with van der Waals surface area (Å²) in [5.41, 5.74) is 1.76. The maximum absolute atomic E-state index is 5.62. The van der Waals surface area contributed by atoms with Gasteiger partial charge in [-0.1, -0.05) is 12.1 Å². The van der Waals surface area contributed by atoms with Gasteiger partial charge in [0, 0.05) is 11.1 Å². The molecule has 1 N–H and O–H groups in total. The fourth-order valence-electron chi connectivity index (χ4n) is 2.45. The maximum Gasteiger partial charge on any atom is 0.216 e. The first-order valence-corrected chi connectivity index (χ1v) is 8.80. The van der Waals surface area contributed by atoms with Crippen LogP contribution in [0.15, 0.2) is 53.6 Å². The lowest BCUT2D eigenvalue weighted by molar-refractivity contribution is 0.339. The molecule has 1 heterocycles. The number of hydrogen-bond donors (Lipinski definition) is 1. The Balaban J connectivity index is 1.92. The number of nitrogens with one attached hydrogen (secondary N) is 1. The molecule has 0 unspecified atom stereocenters. The highest BCUT2D eigenvalue weighted by Crippen LogP contribution is 2.21. The van der Waals surface area contributed by atoms with Crippen LogP contribution in [0.2, 0.25) is 0 Å². The SMILES string of the molecule is CCOc1ccc(-c2n[nH]c(=S)n2N=Cc2ccccc2OCC)cc1. The summed E-state index contributed by atoms with van der Waals surface area (Å²) in [6.45, 7) is 5.12. The zero-order valence-corrected chi connectivity index (χ0v) is 15.5. The number of rotatable bonds is 7. The number of nitrogens with zero attached hydrogens (tertiary/aromatic N) is 3. The van der Waals surface area contributed by atoms with Crippen LogP contribution < -0.4 is 9.47 Å². The van der Waals surface area contributed by atoms with E-state index in [4.69, 9.17) is 21.7 Å². The van der Waals surface area contributed by atoms with E-state index < -0.39 is 0 Å². The van der Waals surface area contributed by atoms with Crippen LogP contribution in [-0.4, -0.2) is 34.3 Å². The Kier molecular flexibility index (Phi) is 5.80. The Morgan fingerprint density at radius 1 is 1.08 bits per heavy atom. The first kappa shape index (κ1) is 17.9. The van der Waals surface area contributed by atoms with Gasteiger partial charge in [0.25, 0.3) is 0 Å². The van der Waals surface area contributed by atoms with Crippen LogP contribution in [0.1, 0.15) is 19.4 Å². The van der Waals surface area contributed by atoms with Crippen molar-refractivity contribution in [2.24, 2.45) is 5.10 Å². The molecule has 0 saturated heterocycles. The van der Waals surface area contributed by atoms with E-state index in [1.165, 1.54) is 0 Å². The molecule has 1 aromatic heterocycles. The van der Waals surface area contributed by atoms with E-state index in [0.717, 1.165) is 22.6 Å². The third kappa shape index (κ3) is 4.00. The molecule has 26 heavy (non-hydrogen) atoms. The topological polar surface area (TPSA) is 64.4 Å². The molecule has 3 aromatic rings. The Labute approximate surface area is 157 Å². The van der Waals surface area contributed by atoms with Crippen molar-refractivity contribution >= 4 is 18.4 Å². The molecule has 0 saturated carbocycles. The molecule has 0 aliphatic heterocycles. The van der Waals surface area contributed by atoms with Gasteiger partial charge in [-0.15, -0.1) is 0 Å². The molecule has 0 bridgehead atoms. The van der Waals surface area contributed by atoms with Crippen molar-refractivity contribution in [1.82, 2.24) is 14.9 Å². The second-order valence-electron chi connectivity index (χ2n) is 5.34. The minimum Gasteiger partial charge on any atom is -0.494 e. The first-order chi connectivity index (χ1) is 12.7. The van der Waals surface area contributed by atoms with Crippen molar-refractivity contribution in [3.63, 3.8) is 0 Å². The Morgan fingerprint density at radius 3 is 2.54 bits per heavy atom. The standard InChI is InChI=1S/C19H20N4O2S/c1-3-24-16-11-9-14(10-12-16)18-21-22-19(26)23(18)20-13-15-7-5-6-8-17(15)25-4-2/h5-13H,3-4H2,1-2H3,(H,22,26). The van der Waals surface area contributed by atoms with Gasteiger partial charge in [-0.3, -0.25) is 0 Å². The largest absolute Gasteiger partial charge is 0.494 e. The van der Waals surface area contributed by atoms with Crippen molar-refractivity contribution in [3.8, 4) is 22.9 Å². The summed E-state index contributed by atoms with van der Waals surface area (Å²) >= 11 is 5.31. The summed E-state index contributed by atoms with van der Waals surface area (Å²) in [6, 6.07) is 15.4. The summed E-state index contributed by atoms with van der Waals surface area (Å²) in [5, 5.41) is 11.6. The lowest BCUT2D eigenvalue weighted by Gasteiger charge is -2.06. The number of para-hydroxylation sites is 1. The summed E-state index contributed by atoms with van der Waals surface area (Å²) in [5.74, 6) is 2.21. The van der Waals surface area contributed by atoms with Gasteiger partial charge in [-0.2, -0.15) is 14.9 Å². The average molecular weight is 368 g/mol. The average Bonchev–Trinajstić information content (AvgIpc) is 3.03. The van der Waals surface area contributed by atoms with Crippen molar-refractivity contribution in [1.29, 1.82) is 0 Å². The monoisotopic (exact) mass is 368 g/mol. The predicted molar refractivity (Wildman–Crippen MR) is 105 cm³/mol. The first-order valence-electron chi connectivity index (χ1n) is 8.39. The third-order valence-electron chi connectivity index (χ3n) is 3.61. The van der Waals surface area contributed by atoms with E-state index in [1.54, 1.807) is 10.9 Å². The van der Waals surface area contributed by atoms with Crippen LogP contribution in [-0.2, 0) is 0 Å². The summed E-state index contributed by atoms with van der Waals surface area (Å²) < 4.78 is 13.1. The van der Waals surface area contributed by atoms with Crippen LogP contribution >= 0.6 is 12.2 Å². The molecular weight excluding hydrogens is 348 g/mol. The van der Waals surface area contributed by atoms with Gasteiger partial charge >= 0.3 is 0 Å². The van der Waals surface area contributed by atoms with E-state index in [9.17, 15) is 0 Å². The van der Waals surface area contributed by atoms with Crippen LogP contribution in [0.4, 0.5) is 0 Å². The van der Waals surface area contributed by atoms with Crippen LogP contribution in [0.25, 0.3) is 11.4 Å². The molecule has 134 valence electrons. The fraction of sp³-hybridized carbons (Fsp3) is 0.211. The number of hydrogen-bond acceptors (Lipinski definition) is 5. The molecule has 0 radical (unpaired) electrons. The van der Waals surface area contributed by atoms with E-state index in [2.05, 4.69) is 15.3 Å². The molecule has 0 fully saturated rings. The molecule has 0 amide bonds. The Hall–Kier alpha value is -2.93. The number of benzene rings is 2. The Bertz CT molecular complexity index is 945. The van der Waals surface area contributed by atoms with E-state index in [0.29, 0.717) is 23.8 Å². The minimum absolute atomic E-state index is 0.416. The Morgan fingerprint density at radius 2 is 1.81 bits per heavy atom. The van der Waals surface area contributed by atoms with Gasteiger partial charge in [0.1, 0.15) is 11.5 Å². The molecule has 6 nitrogen and oxygen atoms in total. The van der Waals surface area contributed by atoms with E-state index >= 15 is 0 Å². The molecule has 2 aromatic carbocycles. The summed E-state index contributed by atoms with van der Waals surface area (Å²) in [7, 11) is 0. The van der Waals surface area contributed by atoms with Gasteiger partial charge in [-0.25, -0.2) is 5.10 Å². The molecule has 0 atom stereocenters. The van der Waals surface area contributed by atoms with Crippen molar-refractivity contribution in [2.75, 3.05) is 13.2 Å². The zero-order valence-electron chi connectivity index (χ0n) is 14.7. The highest BCUT2D eigenvalue weighted by Gasteiger charge is 2.09. The normalized spacial score (nSPS) is 11.0. The molecular formula is C19H20N4O2S. The third-order valence-corrected chi connectivity index (χ3v) is 3.87. The lowest BCUT2D eigenvalue weighted by Crippen LogP contribution is -1.98. The number of H-pyrrole nitrogens is 1.